The molecule has 0 aromatic heterocycles. The second kappa shape index (κ2) is 7.66. The van der Waals surface area contributed by atoms with Gasteiger partial charge in [0.25, 0.3) is 0 Å². The van der Waals surface area contributed by atoms with E-state index in [1.807, 2.05) is 20.8 Å². The van der Waals surface area contributed by atoms with Crippen molar-refractivity contribution in [1.82, 2.24) is 0 Å². The van der Waals surface area contributed by atoms with Crippen LogP contribution in [0.25, 0.3) is 0 Å². The van der Waals surface area contributed by atoms with Gasteiger partial charge >= 0.3 is 5.97 Å². The number of carbonyl (C=O) groups is 2. The molecular formula is C29H42O8. The van der Waals surface area contributed by atoms with E-state index in [4.69, 9.17) is 9.47 Å². The summed E-state index contributed by atoms with van der Waals surface area (Å²) in [5.74, 6) is -1.52. The molecule has 6 aliphatic rings. The van der Waals surface area contributed by atoms with Crippen molar-refractivity contribution in [3.63, 3.8) is 0 Å². The average Bonchev–Trinajstić information content (AvgIpc) is 3.34. The fourth-order valence-corrected chi connectivity index (χ4v) is 10.1. The molecule has 0 radical (unpaired) electrons. The topological polar surface area (TPSA) is 134 Å². The van der Waals surface area contributed by atoms with Crippen LogP contribution in [0.5, 0.6) is 0 Å². The molecule has 1 spiro atoms. The summed E-state index contributed by atoms with van der Waals surface area (Å²) in [4.78, 5) is 25.8. The van der Waals surface area contributed by atoms with E-state index in [-0.39, 0.29) is 35.9 Å². The number of hydrogen-bond acceptors (Lipinski definition) is 8. The van der Waals surface area contributed by atoms with E-state index in [9.17, 15) is 30.0 Å². The summed E-state index contributed by atoms with van der Waals surface area (Å²) in [6, 6.07) is 0. The molecule has 4 aliphatic carbocycles. The molecule has 37 heavy (non-hydrogen) atoms. The van der Waals surface area contributed by atoms with Crippen molar-refractivity contribution in [3.8, 4) is 0 Å². The summed E-state index contributed by atoms with van der Waals surface area (Å²) in [5, 5.41) is 44.8. The Morgan fingerprint density at radius 1 is 0.946 bits per heavy atom. The lowest BCUT2D eigenvalue weighted by Crippen LogP contribution is -2.62. The number of aliphatic hydroxyl groups is 4. The molecule has 0 aromatic carbocycles. The zero-order valence-corrected chi connectivity index (χ0v) is 22.6. The van der Waals surface area contributed by atoms with E-state index in [1.165, 1.54) is 0 Å². The van der Waals surface area contributed by atoms with Crippen molar-refractivity contribution in [2.45, 2.75) is 121 Å². The van der Waals surface area contributed by atoms with Gasteiger partial charge in [0, 0.05) is 17.8 Å². The summed E-state index contributed by atoms with van der Waals surface area (Å²) in [6.45, 7) is 9.64. The molecule has 2 saturated heterocycles. The molecule has 2 heterocycles. The van der Waals surface area contributed by atoms with Crippen molar-refractivity contribution < 1.29 is 39.5 Å². The Hall–Kier alpha value is -1.32. The van der Waals surface area contributed by atoms with E-state index in [0.29, 0.717) is 32.1 Å². The summed E-state index contributed by atoms with van der Waals surface area (Å²) < 4.78 is 12.3. The van der Waals surface area contributed by atoms with Crippen LogP contribution in [0.2, 0.25) is 0 Å². The van der Waals surface area contributed by atoms with Crippen LogP contribution in [0.4, 0.5) is 0 Å². The summed E-state index contributed by atoms with van der Waals surface area (Å²) in [5.41, 5.74) is -3.56. The third-order valence-electron chi connectivity index (χ3n) is 12.5. The fraction of sp³-hybridized carbons (Fsp3) is 0.862. The van der Waals surface area contributed by atoms with Crippen LogP contribution in [0.3, 0.4) is 0 Å². The Balaban J connectivity index is 1.37. The molecule has 8 heteroatoms. The minimum Gasteiger partial charge on any atom is -0.459 e. The first-order chi connectivity index (χ1) is 17.1. The lowest BCUT2D eigenvalue weighted by atomic mass is 9.45. The highest BCUT2D eigenvalue weighted by Gasteiger charge is 2.73. The van der Waals surface area contributed by atoms with Gasteiger partial charge in [0.2, 0.25) is 0 Å². The van der Waals surface area contributed by atoms with Gasteiger partial charge in [0.15, 0.2) is 5.78 Å². The summed E-state index contributed by atoms with van der Waals surface area (Å²) >= 11 is 0. The number of allylic oxidation sites excluding steroid dienone is 1. The van der Waals surface area contributed by atoms with Gasteiger partial charge in [0.05, 0.1) is 35.4 Å². The fourth-order valence-electron chi connectivity index (χ4n) is 10.1. The van der Waals surface area contributed by atoms with E-state index in [1.54, 1.807) is 13.0 Å². The lowest BCUT2D eigenvalue weighted by molar-refractivity contribution is -0.203. The lowest BCUT2D eigenvalue weighted by Gasteiger charge is -2.60. The largest absolute Gasteiger partial charge is 0.459 e. The Morgan fingerprint density at radius 3 is 2.30 bits per heavy atom. The van der Waals surface area contributed by atoms with Gasteiger partial charge in [-0.1, -0.05) is 13.8 Å². The standard InChI is InChI=1S/C29H42O8/c1-14-24(34)36-15(2)28(14)13-23(33)27(5,37-28)22-7-9-29(35)17-10-19(30)18-11-20(31)21(32)12-25(18,3)16(17)6-8-26(22,29)4/h10,14-16,18,20-23,31-33,35H,6-9,11-13H2,1-5H3/t14-,15+,16-,18-,20-,21+,22-,23+,25-,26-,27-,28-,29-/m1/s1. The Labute approximate surface area is 218 Å². The third-order valence-corrected chi connectivity index (χ3v) is 12.5. The smallest absolute Gasteiger partial charge is 0.312 e. The summed E-state index contributed by atoms with van der Waals surface area (Å²) in [7, 11) is 0. The van der Waals surface area contributed by atoms with Crippen molar-refractivity contribution in [2.75, 3.05) is 0 Å². The number of ether oxygens (including phenoxy) is 2. The van der Waals surface area contributed by atoms with Gasteiger partial charge in [-0.15, -0.1) is 0 Å². The zero-order valence-electron chi connectivity index (χ0n) is 22.6. The van der Waals surface area contributed by atoms with Crippen molar-refractivity contribution in [2.24, 2.45) is 34.5 Å². The second-order valence-corrected chi connectivity index (χ2v) is 13.9. The Kier molecular flexibility index (Phi) is 5.37. The molecule has 13 atom stereocenters. The maximum absolute atomic E-state index is 13.4. The average molecular weight is 519 g/mol. The number of rotatable bonds is 1. The van der Waals surface area contributed by atoms with Crippen LogP contribution in [0, 0.1) is 34.5 Å². The highest BCUT2D eigenvalue weighted by molar-refractivity contribution is 5.95. The van der Waals surface area contributed by atoms with E-state index < -0.39 is 58.0 Å². The minimum atomic E-state index is -1.24. The molecule has 5 fully saturated rings. The molecular weight excluding hydrogens is 476 g/mol. The number of hydrogen-bond donors (Lipinski definition) is 4. The quantitative estimate of drug-likeness (QED) is 0.388. The summed E-state index contributed by atoms with van der Waals surface area (Å²) in [6.07, 6.45) is 1.92. The van der Waals surface area contributed by atoms with Crippen LogP contribution in [-0.4, -0.2) is 73.4 Å². The maximum atomic E-state index is 13.4. The van der Waals surface area contributed by atoms with Crippen molar-refractivity contribution in [1.29, 1.82) is 0 Å². The molecule has 2 aliphatic heterocycles. The van der Waals surface area contributed by atoms with Crippen molar-refractivity contribution >= 4 is 11.8 Å². The number of carbonyl (C=O) groups excluding carboxylic acids is 2. The van der Waals surface area contributed by atoms with Gasteiger partial charge in [-0.25, -0.2) is 0 Å². The van der Waals surface area contributed by atoms with Gasteiger partial charge in [-0.3, -0.25) is 9.59 Å². The molecule has 0 aromatic rings. The normalized spacial score (nSPS) is 59.1. The number of ketones is 1. The molecule has 4 N–H and O–H groups in total. The highest BCUT2D eigenvalue weighted by Crippen LogP contribution is 2.70. The Bertz CT molecular complexity index is 1070. The SMILES string of the molecule is C[C@@H]1OC(=O)[C@@H](C)[C@]12C[C@H](O)[C@@](C)([C@@H]1CC[C@@]3(O)C4=CC(=O)[C@H]5C[C@@H](O)[C@@H](O)C[C@]5(C)[C@@H]4CC[C@]13C)O2. The number of esters is 1. The second-order valence-electron chi connectivity index (χ2n) is 13.9. The first-order valence-electron chi connectivity index (χ1n) is 14.1. The van der Waals surface area contributed by atoms with Gasteiger partial charge in [-0.2, -0.15) is 0 Å². The van der Waals surface area contributed by atoms with Crippen molar-refractivity contribution in [3.05, 3.63) is 11.6 Å². The molecule has 0 bridgehead atoms. The third kappa shape index (κ3) is 2.97. The first-order valence-corrected chi connectivity index (χ1v) is 14.1. The maximum Gasteiger partial charge on any atom is 0.312 e. The predicted molar refractivity (Wildman–Crippen MR) is 132 cm³/mol. The monoisotopic (exact) mass is 518 g/mol. The minimum absolute atomic E-state index is 0.0661. The van der Waals surface area contributed by atoms with E-state index in [0.717, 1.165) is 12.0 Å². The van der Waals surface area contributed by atoms with Gasteiger partial charge in [-0.05, 0) is 88.2 Å². The number of fused-ring (bicyclic) bond motifs is 5. The van der Waals surface area contributed by atoms with Crippen LogP contribution in [0.15, 0.2) is 11.6 Å². The highest BCUT2D eigenvalue weighted by atomic mass is 16.6. The van der Waals surface area contributed by atoms with Crippen LogP contribution >= 0.6 is 0 Å². The number of aliphatic hydroxyl groups excluding tert-OH is 3. The predicted octanol–water partition coefficient (Wildman–Crippen LogP) is 2.05. The number of cyclic esters (lactones) is 1. The molecule has 206 valence electrons. The van der Waals surface area contributed by atoms with Crippen LogP contribution < -0.4 is 0 Å². The zero-order chi connectivity index (χ0) is 26.9. The Morgan fingerprint density at radius 2 is 1.65 bits per heavy atom. The molecule has 0 amide bonds. The van der Waals surface area contributed by atoms with Crippen LogP contribution in [0.1, 0.15) is 79.6 Å². The molecule has 0 unspecified atom stereocenters. The van der Waals surface area contributed by atoms with Gasteiger partial charge in [0.1, 0.15) is 11.7 Å². The van der Waals surface area contributed by atoms with Crippen LogP contribution in [-0.2, 0) is 19.1 Å². The molecule has 6 rings (SSSR count). The molecule has 3 saturated carbocycles. The van der Waals surface area contributed by atoms with E-state index in [2.05, 4.69) is 6.92 Å². The molecule has 8 nitrogen and oxygen atoms in total. The van der Waals surface area contributed by atoms with Gasteiger partial charge < -0.3 is 29.9 Å². The van der Waals surface area contributed by atoms with E-state index >= 15 is 0 Å². The first kappa shape index (κ1) is 25.9.